The van der Waals surface area contributed by atoms with E-state index < -0.39 is 0 Å². The molecule has 0 bridgehead atoms. The second kappa shape index (κ2) is 10.7. The van der Waals surface area contributed by atoms with Crippen LogP contribution in [0, 0.1) is 0 Å². The highest BCUT2D eigenvalue weighted by molar-refractivity contribution is 4.70. The molecule has 120 valence electrons. The monoisotopic (exact) mass is 282 g/mol. The largest absolute Gasteiger partial charge is 0.316 e. The van der Waals surface area contributed by atoms with Crippen LogP contribution in [0.2, 0.25) is 0 Å². The molecule has 0 aromatic rings. The van der Waals surface area contributed by atoms with E-state index in [4.69, 9.17) is 0 Å². The molecule has 1 heteroatoms. The van der Waals surface area contributed by atoms with Gasteiger partial charge in [-0.15, -0.1) is 0 Å². The average Bonchev–Trinajstić information content (AvgIpc) is 3.02. The highest BCUT2D eigenvalue weighted by Crippen LogP contribution is 2.29. The van der Waals surface area contributed by atoms with Crippen LogP contribution >= 0.6 is 0 Å². The maximum absolute atomic E-state index is 2.37. The Hall–Kier alpha value is -0.0400. The van der Waals surface area contributed by atoms with Gasteiger partial charge in [0, 0.05) is 6.42 Å². The van der Waals surface area contributed by atoms with Crippen LogP contribution < -0.4 is 0 Å². The van der Waals surface area contributed by atoms with E-state index in [2.05, 4.69) is 21.0 Å². The summed E-state index contributed by atoms with van der Waals surface area (Å²) in [5.41, 5.74) is 0. The summed E-state index contributed by atoms with van der Waals surface area (Å²) in [6.45, 7) is 3.73. The normalized spacial score (nSPS) is 20.2. The number of unbranched alkanes of at least 4 members (excludes halogenated alkanes) is 12. The summed E-state index contributed by atoms with van der Waals surface area (Å²) < 4.78 is 1.29. The zero-order valence-electron chi connectivity index (χ0n) is 14.6. The standard InChI is InChI=1S/C19H40N/c1-4-5-6-7-8-9-10-11-12-13-14-15-16-17-19-18-20(19,2)3/h19H,4-18H2,1-3H3/q+1. The van der Waals surface area contributed by atoms with Gasteiger partial charge in [0.25, 0.3) is 0 Å². The van der Waals surface area contributed by atoms with Crippen LogP contribution in [-0.2, 0) is 0 Å². The number of rotatable bonds is 14. The summed E-state index contributed by atoms with van der Waals surface area (Å²) in [5.74, 6) is 0. The second-order valence-electron chi connectivity index (χ2n) is 7.65. The lowest BCUT2D eigenvalue weighted by Gasteiger charge is -2.06. The molecule has 20 heavy (non-hydrogen) atoms. The minimum atomic E-state index is 1.00. The molecule has 0 saturated carbocycles. The van der Waals surface area contributed by atoms with Crippen molar-refractivity contribution in [1.29, 1.82) is 0 Å². The van der Waals surface area contributed by atoms with Crippen LogP contribution in [0.3, 0.4) is 0 Å². The number of likely N-dealkylation sites (N-methyl/N-ethyl adjacent to an activating group) is 1. The maximum atomic E-state index is 2.37. The van der Waals surface area contributed by atoms with Crippen molar-refractivity contribution >= 4 is 0 Å². The Morgan fingerprint density at radius 3 is 1.35 bits per heavy atom. The fraction of sp³-hybridized carbons (Fsp3) is 1.00. The lowest BCUT2D eigenvalue weighted by molar-refractivity contribution is -0.769. The molecule has 1 saturated heterocycles. The van der Waals surface area contributed by atoms with Crippen LogP contribution in [0.1, 0.15) is 96.8 Å². The molecule has 0 aromatic carbocycles. The highest BCUT2D eigenvalue weighted by Gasteiger charge is 2.45. The summed E-state index contributed by atoms with van der Waals surface area (Å²) in [5, 5.41) is 0. The van der Waals surface area contributed by atoms with E-state index >= 15 is 0 Å². The molecule has 1 nitrogen and oxygen atoms in total. The molecule has 0 radical (unpaired) electrons. The molecule has 1 rings (SSSR count). The van der Waals surface area contributed by atoms with E-state index in [-0.39, 0.29) is 0 Å². The van der Waals surface area contributed by atoms with Gasteiger partial charge in [-0.1, -0.05) is 84.0 Å². The minimum absolute atomic E-state index is 1.00. The molecule has 0 aromatic heterocycles. The summed E-state index contributed by atoms with van der Waals surface area (Å²) in [4.78, 5) is 0. The zero-order valence-corrected chi connectivity index (χ0v) is 14.6. The van der Waals surface area contributed by atoms with Gasteiger partial charge in [0.2, 0.25) is 0 Å². The van der Waals surface area contributed by atoms with E-state index in [1.54, 1.807) is 0 Å². The number of hydrogen-bond donors (Lipinski definition) is 0. The van der Waals surface area contributed by atoms with Crippen molar-refractivity contribution in [2.75, 3.05) is 20.6 Å². The molecule has 1 unspecified atom stereocenters. The molecule has 0 amide bonds. The average molecular weight is 283 g/mol. The lowest BCUT2D eigenvalue weighted by Crippen LogP contribution is -2.15. The fourth-order valence-corrected chi connectivity index (χ4v) is 3.33. The first-order valence-electron chi connectivity index (χ1n) is 9.49. The first kappa shape index (κ1) is 18.0. The van der Waals surface area contributed by atoms with Crippen molar-refractivity contribution in [3.05, 3.63) is 0 Å². The van der Waals surface area contributed by atoms with Gasteiger partial charge in [0.15, 0.2) is 0 Å². The number of nitrogens with zero attached hydrogens (tertiary/aromatic N) is 1. The van der Waals surface area contributed by atoms with Crippen molar-refractivity contribution in [1.82, 2.24) is 0 Å². The minimum Gasteiger partial charge on any atom is -0.316 e. The van der Waals surface area contributed by atoms with Crippen molar-refractivity contribution in [2.45, 2.75) is 103 Å². The van der Waals surface area contributed by atoms with Gasteiger partial charge >= 0.3 is 0 Å². The van der Waals surface area contributed by atoms with Crippen molar-refractivity contribution < 1.29 is 4.48 Å². The number of hydrogen-bond acceptors (Lipinski definition) is 0. The third-order valence-electron chi connectivity index (χ3n) is 5.18. The molecular weight excluding hydrogens is 242 g/mol. The van der Waals surface area contributed by atoms with E-state index in [1.165, 1.54) is 101 Å². The molecular formula is C19H40N+. The van der Waals surface area contributed by atoms with Crippen LogP contribution in [0.4, 0.5) is 0 Å². The Labute approximate surface area is 128 Å². The van der Waals surface area contributed by atoms with Crippen LogP contribution in [0.15, 0.2) is 0 Å². The van der Waals surface area contributed by atoms with Crippen LogP contribution in [-0.4, -0.2) is 31.2 Å². The van der Waals surface area contributed by atoms with Crippen molar-refractivity contribution in [3.8, 4) is 0 Å². The highest BCUT2D eigenvalue weighted by atomic mass is 15.5. The molecule has 1 aliphatic rings. The Balaban J connectivity index is 1.67. The molecule has 1 aliphatic heterocycles. The third-order valence-corrected chi connectivity index (χ3v) is 5.18. The summed E-state index contributed by atoms with van der Waals surface area (Å²) in [6.07, 6.45) is 20.6. The Morgan fingerprint density at radius 1 is 0.650 bits per heavy atom. The predicted octanol–water partition coefficient (Wildman–Crippen LogP) is 5.93. The molecule has 1 heterocycles. The van der Waals surface area contributed by atoms with Gasteiger partial charge < -0.3 is 4.48 Å². The van der Waals surface area contributed by atoms with Gasteiger partial charge in [-0.2, -0.15) is 0 Å². The van der Waals surface area contributed by atoms with Gasteiger partial charge in [0.05, 0.1) is 14.1 Å². The molecule has 0 spiro atoms. The van der Waals surface area contributed by atoms with Crippen molar-refractivity contribution in [2.24, 2.45) is 0 Å². The Morgan fingerprint density at radius 2 is 1.00 bits per heavy atom. The Bertz CT molecular complexity index is 222. The maximum Gasteiger partial charge on any atom is 0.138 e. The van der Waals surface area contributed by atoms with Crippen LogP contribution in [0.25, 0.3) is 0 Å². The second-order valence-corrected chi connectivity index (χ2v) is 7.65. The first-order valence-corrected chi connectivity index (χ1v) is 9.49. The number of quaternary nitrogens is 1. The third kappa shape index (κ3) is 9.00. The van der Waals surface area contributed by atoms with E-state index in [0.29, 0.717) is 0 Å². The Kier molecular flexibility index (Phi) is 9.59. The smallest absolute Gasteiger partial charge is 0.138 e. The van der Waals surface area contributed by atoms with Crippen LogP contribution in [0.5, 0.6) is 0 Å². The molecule has 0 aliphatic carbocycles. The first-order chi connectivity index (χ1) is 9.67. The molecule has 1 atom stereocenters. The van der Waals surface area contributed by atoms with Crippen molar-refractivity contribution in [3.63, 3.8) is 0 Å². The lowest BCUT2D eigenvalue weighted by atomic mass is 10.0. The quantitative estimate of drug-likeness (QED) is 0.210. The van der Waals surface area contributed by atoms with E-state index in [1.807, 2.05) is 0 Å². The zero-order chi connectivity index (χ0) is 14.7. The molecule has 0 N–H and O–H groups in total. The summed E-state index contributed by atoms with van der Waals surface area (Å²) >= 11 is 0. The molecule has 1 fully saturated rings. The summed E-state index contributed by atoms with van der Waals surface area (Å²) in [6, 6.07) is 1.00. The van der Waals surface area contributed by atoms with Gasteiger partial charge in [-0.05, 0) is 6.42 Å². The van der Waals surface area contributed by atoms with Gasteiger partial charge in [-0.25, -0.2) is 0 Å². The predicted molar refractivity (Wildman–Crippen MR) is 91.1 cm³/mol. The fourth-order valence-electron chi connectivity index (χ4n) is 3.33. The SMILES string of the molecule is CCCCCCCCCCCCCCCC1C[N+]1(C)C. The van der Waals surface area contributed by atoms with E-state index in [9.17, 15) is 0 Å². The summed E-state index contributed by atoms with van der Waals surface area (Å²) in [7, 11) is 4.74. The van der Waals surface area contributed by atoms with Gasteiger partial charge in [0.1, 0.15) is 12.6 Å². The topological polar surface area (TPSA) is 0 Å². The van der Waals surface area contributed by atoms with Gasteiger partial charge in [-0.3, -0.25) is 0 Å². The van der Waals surface area contributed by atoms with E-state index in [0.717, 1.165) is 6.04 Å².